The van der Waals surface area contributed by atoms with Crippen molar-refractivity contribution < 1.29 is 13.7 Å². The van der Waals surface area contributed by atoms with Gasteiger partial charge in [0.25, 0.3) is 5.69 Å². The average molecular weight is 269 g/mol. The van der Waals surface area contributed by atoms with E-state index in [0.29, 0.717) is 5.56 Å². The van der Waals surface area contributed by atoms with Crippen LogP contribution in [0.15, 0.2) is 24.3 Å². The first-order valence-electron chi connectivity index (χ1n) is 5.66. The van der Waals surface area contributed by atoms with Gasteiger partial charge in [-0.15, -0.1) is 0 Å². The molecule has 1 aliphatic heterocycles. The van der Waals surface area contributed by atoms with Gasteiger partial charge in [0.2, 0.25) is 0 Å². The first kappa shape index (κ1) is 13.1. The summed E-state index contributed by atoms with van der Waals surface area (Å²) in [5.41, 5.74) is 0.548. The maximum Gasteiger partial charge on any atom is 0.269 e. The number of nitro benzene ring substituents is 1. The molecule has 98 valence electrons. The molecule has 1 saturated heterocycles. The Hall–Kier alpha value is -1.31. The number of likely N-dealkylation sites (tertiary alicyclic amines) is 1. The molecule has 1 fully saturated rings. The van der Waals surface area contributed by atoms with Crippen molar-refractivity contribution >= 4 is 16.8 Å². The van der Waals surface area contributed by atoms with Crippen LogP contribution in [0.3, 0.4) is 0 Å². The highest BCUT2D eigenvalue weighted by Crippen LogP contribution is 2.28. The Labute approximate surface area is 107 Å². The van der Waals surface area contributed by atoms with Crippen molar-refractivity contribution in [2.75, 3.05) is 13.1 Å². The molecular weight excluding hydrogens is 256 g/mol. The second-order valence-electron chi connectivity index (χ2n) is 4.20. The molecule has 18 heavy (non-hydrogen) atoms. The lowest BCUT2D eigenvalue weighted by Gasteiger charge is -2.29. The molecular formula is C11H13N2O4S-. The lowest BCUT2D eigenvalue weighted by Crippen LogP contribution is -2.28. The molecule has 1 aliphatic rings. The summed E-state index contributed by atoms with van der Waals surface area (Å²) < 4.78 is 22.7. The number of benzene rings is 1. The van der Waals surface area contributed by atoms with Crippen LogP contribution in [-0.4, -0.2) is 31.7 Å². The topological polar surface area (TPSA) is 86.5 Å². The molecule has 0 radical (unpaired) electrons. The lowest BCUT2D eigenvalue weighted by atomic mass is 10.2. The van der Waals surface area contributed by atoms with Crippen molar-refractivity contribution in [1.29, 1.82) is 0 Å². The van der Waals surface area contributed by atoms with Crippen molar-refractivity contribution in [2.45, 2.75) is 18.2 Å². The third kappa shape index (κ3) is 2.74. The van der Waals surface area contributed by atoms with Crippen LogP contribution in [0.2, 0.25) is 0 Å². The Balaban J connectivity index is 2.25. The molecule has 2 rings (SSSR count). The van der Waals surface area contributed by atoms with Gasteiger partial charge in [-0.05, 0) is 54.7 Å². The van der Waals surface area contributed by atoms with Crippen LogP contribution >= 0.6 is 0 Å². The van der Waals surface area contributed by atoms with Gasteiger partial charge in [-0.1, -0.05) is 0 Å². The molecule has 2 atom stereocenters. The molecule has 0 spiro atoms. The Morgan fingerprint density at radius 3 is 2.22 bits per heavy atom. The summed E-state index contributed by atoms with van der Waals surface area (Å²) in [6, 6.07) is 5.70. The predicted octanol–water partition coefficient (Wildman–Crippen LogP) is 1.57. The number of hydrogen-bond donors (Lipinski definition) is 0. The van der Waals surface area contributed by atoms with E-state index in [0.717, 1.165) is 25.9 Å². The minimum Gasteiger partial charge on any atom is -0.771 e. The number of hydrogen-bond acceptors (Lipinski definition) is 5. The lowest BCUT2D eigenvalue weighted by molar-refractivity contribution is -0.384. The van der Waals surface area contributed by atoms with E-state index in [4.69, 9.17) is 0 Å². The van der Waals surface area contributed by atoms with Gasteiger partial charge in [0.15, 0.2) is 0 Å². The highest BCUT2D eigenvalue weighted by Gasteiger charge is 2.24. The smallest absolute Gasteiger partial charge is 0.269 e. The minimum atomic E-state index is -2.26. The highest BCUT2D eigenvalue weighted by atomic mass is 32.2. The first-order valence-corrected chi connectivity index (χ1v) is 6.80. The zero-order valence-electron chi connectivity index (χ0n) is 9.65. The van der Waals surface area contributed by atoms with Crippen molar-refractivity contribution in [3.63, 3.8) is 0 Å². The van der Waals surface area contributed by atoms with Crippen LogP contribution < -0.4 is 0 Å². The van der Waals surface area contributed by atoms with E-state index < -0.39 is 21.4 Å². The molecule has 6 nitrogen and oxygen atoms in total. The Bertz CT molecular complexity index is 457. The van der Waals surface area contributed by atoms with Crippen molar-refractivity contribution in [3.05, 3.63) is 39.9 Å². The van der Waals surface area contributed by atoms with Gasteiger partial charge in [-0.2, -0.15) is 0 Å². The third-order valence-corrected chi connectivity index (χ3v) is 3.98. The van der Waals surface area contributed by atoms with Gasteiger partial charge >= 0.3 is 0 Å². The maximum atomic E-state index is 11.3. The van der Waals surface area contributed by atoms with Gasteiger partial charge in [0.05, 0.1) is 10.3 Å². The SMILES string of the molecule is O=[N+]([O-])c1ccc(C(N2CCCC2)S(=O)[O-])cc1. The summed E-state index contributed by atoms with van der Waals surface area (Å²) in [6.45, 7) is 1.49. The standard InChI is InChI=1S/C11H14N2O4S/c14-13(15)10-5-3-9(4-6-10)11(18(16)17)12-7-1-2-8-12/h3-6,11H,1-2,7-8H2,(H,16,17)/p-1. The van der Waals surface area contributed by atoms with Crippen LogP contribution in [0.4, 0.5) is 5.69 Å². The molecule has 0 N–H and O–H groups in total. The summed E-state index contributed by atoms with van der Waals surface area (Å²) in [5.74, 6) is 0. The second kappa shape index (κ2) is 5.55. The molecule has 1 aromatic rings. The number of rotatable bonds is 4. The fraction of sp³-hybridized carbons (Fsp3) is 0.455. The van der Waals surface area contributed by atoms with Crippen LogP contribution in [0.25, 0.3) is 0 Å². The Kier molecular flexibility index (Phi) is 4.05. The normalized spacial score (nSPS) is 19.6. The largest absolute Gasteiger partial charge is 0.771 e. The highest BCUT2D eigenvalue weighted by molar-refractivity contribution is 7.79. The average Bonchev–Trinajstić information content (AvgIpc) is 2.83. The number of non-ortho nitro benzene ring substituents is 1. The van der Waals surface area contributed by atoms with Gasteiger partial charge in [-0.25, -0.2) is 0 Å². The van der Waals surface area contributed by atoms with E-state index in [1.165, 1.54) is 24.3 Å². The fourth-order valence-electron chi connectivity index (χ4n) is 2.18. The molecule has 0 aromatic heterocycles. The Morgan fingerprint density at radius 1 is 1.22 bits per heavy atom. The summed E-state index contributed by atoms with van der Waals surface area (Å²) >= 11 is -2.26. The van der Waals surface area contributed by atoms with E-state index in [1.807, 2.05) is 4.90 Å². The van der Waals surface area contributed by atoms with Gasteiger partial charge in [-0.3, -0.25) is 19.2 Å². The van der Waals surface area contributed by atoms with Gasteiger partial charge in [0, 0.05) is 12.1 Å². The molecule has 0 saturated carbocycles. The van der Waals surface area contributed by atoms with Crippen molar-refractivity contribution in [1.82, 2.24) is 4.90 Å². The van der Waals surface area contributed by atoms with E-state index in [1.54, 1.807) is 0 Å². The predicted molar refractivity (Wildman–Crippen MR) is 65.6 cm³/mol. The number of nitrogens with zero attached hydrogens (tertiary/aromatic N) is 2. The molecule has 1 aromatic carbocycles. The molecule has 2 unspecified atom stereocenters. The molecule has 0 amide bonds. The van der Waals surface area contributed by atoms with Gasteiger partial charge in [0.1, 0.15) is 0 Å². The van der Waals surface area contributed by atoms with Crippen LogP contribution in [0, 0.1) is 10.1 Å². The van der Waals surface area contributed by atoms with Crippen molar-refractivity contribution in [2.24, 2.45) is 0 Å². The number of nitro groups is 1. The summed E-state index contributed by atoms with van der Waals surface area (Å²) in [4.78, 5) is 11.9. The molecule has 7 heteroatoms. The van der Waals surface area contributed by atoms with Gasteiger partial charge < -0.3 is 4.55 Å². The molecule has 0 bridgehead atoms. The zero-order chi connectivity index (χ0) is 13.1. The minimum absolute atomic E-state index is 0.0318. The molecule has 0 aliphatic carbocycles. The monoisotopic (exact) mass is 269 g/mol. The fourth-order valence-corrected chi connectivity index (χ4v) is 3.01. The quantitative estimate of drug-likeness (QED) is 0.470. The van der Waals surface area contributed by atoms with Crippen LogP contribution in [0.1, 0.15) is 23.8 Å². The summed E-state index contributed by atoms with van der Waals surface area (Å²) in [7, 11) is 0. The first-order chi connectivity index (χ1) is 8.59. The second-order valence-corrected chi connectivity index (χ2v) is 5.17. The van der Waals surface area contributed by atoms with Crippen LogP contribution in [0.5, 0.6) is 0 Å². The summed E-state index contributed by atoms with van der Waals surface area (Å²) in [5, 5.41) is 9.84. The van der Waals surface area contributed by atoms with E-state index in [2.05, 4.69) is 0 Å². The maximum absolute atomic E-state index is 11.3. The van der Waals surface area contributed by atoms with E-state index in [9.17, 15) is 18.9 Å². The van der Waals surface area contributed by atoms with E-state index in [-0.39, 0.29) is 5.69 Å². The third-order valence-electron chi connectivity index (χ3n) is 3.04. The molecule has 1 heterocycles. The van der Waals surface area contributed by atoms with Crippen molar-refractivity contribution in [3.8, 4) is 0 Å². The van der Waals surface area contributed by atoms with E-state index >= 15 is 0 Å². The van der Waals surface area contributed by atoms with Crippen LogP contribution in [-0.2, 0) is 11.1 Å². The Morgan fingerprint density at radius 2 is 1.78 bits per heavy atom. The zero-order valence-corrected chi connectivity index (χ0v) is 10.5. The summed E-state index contributed by atoms with van der Waals surface area (Å²) in [6.07, 6.45) is 1.97.